The summed E-state index contributed by atoms with van der Waals surface area (Å²) in [5.74, 6) is 0.0803. The number of morpholine rings is 1. The van der Waals surface area contributed by atoms with Crippen LogP contribution in [0.1, 0.15) is 34.8 Å². The molecule has 2 fully saturated rings. The second kappa shape index (κ2) is 8.01. The molecule has 0 radical (unpaired) electrons. The van der Waals surface area contributed by atoms with Crippen molar-refractivity contribution in [1.82, 2.24) is 14.8 Å². The van der Waals surface area contributed by atoms with Gasteiger partial charge in [0.15, 0.2) is 0 Å². The molecule has 1 N–H and O–H groups in total. The Morgan fingerprint density at radius 3 is 2.69 bits per heavy atom. The van der Waals surface area contributed by atoms with Gasteiger partial charge in [-0.15, -0.1) is 0 Å². The number of likely N-dealkylation sites (tertiary alicyclic amines) is 1. The van der Waals surface area contributed by atoms with Crippen molar-refractivity contribution in [3.63, 3.8) is 0 Å². The van der Waals surface area contributed by atoms with Crippen LogP contribution in [0.4, 0.5) is 0 Å². The lowest BCUT2D eigenvalue weighted by atomic mass is 9.96. The zero-order valence-electron chi connectivity index (χ0n) is 16.6. The van der Waals surface area contributed by atoms with E-state index in [0.29, 0.717) is 13.2 Å². The number of benzene rings is 2. The number of nitrogens with zero attached hydrogens (tertiary/aromatic N) is 2. The third-order valence-corrected chi connectivity index (χ3v) is 6.19. The highest BCUT2D eigenvalue weighted by Crippen LogP contribution is 2.32. The first-order valence-corrected chi connectivity index (χ1v) is 10.6. The van der Waals surface area contributed by atoms with Crippen molar-refractivity contribution in [3.8, 4) is 0 Å². The van der Waals surface area contributed by atoms with Crippen molar-refractivity contribution >= 4 is 16.8 Å². The number of aromatic amines is 1. The summed E-state index contributed by atoms with van der Waals surface area (Å²) in [5.41, 5.74) is 2.93. The summed E-state index contributed by atoms with van der Waals surface area (Å²) in [6.07, 6.45) is 4.40. The average molecular weight is 389 g/mol. The van der Waals surface area contributed by atoms with Crippen LogP contribution in [0.3, 0.4) is 0 Å². The molecule has 1 amide bonds. The number of carbonyl (C=O) groups is 1. The number of aromatic nitrogens is 1. The van der Waals surface area contributed by atoms with E-state index in [1.54, 1.807) is 0 Å². The number of fused-ring (bicyclic) bond motifs is 1. The number of rotatable bonds is 4. The van der Waals surface area contributed by atoms with Gasteiger partial charge in [-0.3, -0.25) is 4.79 Å². The summed E-state index contributed by atoms with van der Waals surface area (Å²) in [6, 6.07) is 18.2. The zero-order chi connectivity index (χ0) is 19.6. The van der Waals surface area contributed by atoms with Crippen molar-refractivity contribution in [2.45, 2.75) is 25.0 Å². The maximum absolute atomic E-state index is 13.6. The third-order valence-electron chi connectivity index (χ3n) is 6.19. The molecule has 2 aliphatic rings. The molecule has 1 aromatic heterocycles. The van der Waals surface area contributed by atoms with Gasteiger partial charge in [-0.25, -0.2) is 0 Å². The molecule has 0 saturated carbocycles. The number of ether oxygens (including phenoxy) is 1. The monoisotopic (exact) mass is 389 g/mol. The van der Waals surface area contributed by atoms with Crippen molar-refractivity contribution in [3.05, 3.63) is 71.9 Å². The van der Waals surface area contributed by atoms with Gasteiger partial charge in [0.1, 0.15) is 0 Å². The molecule has 3 heterocycles. The first-order chi connectivity index (χ1) is 14.3. The summed E-state index contributed by atoms with van der Waals surface area (Å²) in [4.78, 5) is 21.3. The predicted octanol–water partition coefficient (Wildman–Crippen LogP) is 3.85. The minimum Gasteiger partial charge on any atom is -0.373 e. The van der Waals surface area contributed by atoms with Crippen molar-refractivity contribution in [2.75, 3.05) is 32.8 Å². The van der Waals surface area contributed by atoms with Crippen molar-refractivity contribution < 1.29 is 9.53 Å². The summed E-state index contributed by atoms with van der Waals surface area (Å²) in [5, 5.41) is 1.06. The fraction of sp³-hybridized carbons (Fsp3) is 0.375. The topological polar surface area (TPSA) is 48.6 Å². The van der Waals surface area contributed by atoms with E-state index in [-0.39, 0.29) is 18.1 Å². The molecule has 0 aliphatic carbocycles. The fourth-order valence-electron chi connectivity index (χ4n) is 4.73. The highest BCUT2D eigenvalue weighted by Gasteiger charge is 2.37. The van der Waals surface area contributed by atoms with Crippen LogP contribution in [0.2, 0.25) is 0 Å². The summed E-state index contributed by atoms with van der Waals surface area (Å²) >= 11 is 0. The summed E-state index contributed by atoms with van der Waals surface area (Å²) in [7, 11) is 0. The predicted molar refractivity (Wildman–Crippen MR) is 114 cm³/mol. The Bertz CT molecular complexity index is 978. The zero-order valence-corrected chi connectivity index (χ0v) is 16.6. The first-order valence-electron chi connectivity index (χ1n) is 10.6. The number of amides is 1. The van der Waals surface area contributed by atoms with Crippen LogP contribution in [0.25, 0.3) is 10.9 Å². The maximum atomic E-state index is 13.6. The Labute approximate surface area is 171 Å². The van der Waals surface area contributed by atoms with E-state index in [1.807, 2.05) is 53.6 Å². The van der Waals surface area contributed by atoms with Crippen LogP contribution in [0.5, 0.6) is 0 Å². The lowest BCUT2D eigenvalue weighted by Gasteiger charge is -2.42. The van der Waals surface area contributed by atoms with E-state index in [1.165, 1.54) is 12.8 Å². The summed E-state index contributed by atoms with van der Waals surface area (Å²) in [6.45, 7) is 4.32. The molecule has 0 spiro atoms. The first kappa shape index (κ1) is 18.4. The van der Waals surface area contributed by atoms with Gasteiger partial charge in [0.25, 0.3) is 5.91 Å². The number of nitrogens with one attached hydrogen (secondary N) is 1. The van der Waals surface area contributed by atoms with Gasteiger partial charge in [0.05, 0.1) is 18.8 Å². The smallest absolute Gasteiger partial charge is 0.254 e. The summed E-state index contributed by atoms with van der Waals surface area (Å²) < 4.78 is 6.24. The molecule has 2 atom stereocenters. The second-order valence-corrected chi connectivity index (χ2v) is 8.05. The average Bonchev–Trinajstić information content (AvgIpc) is 3.45. The van der Waals surface area contributed by atoms with Gasteiger partial charge in [0, 0.05) is 35.8 Å². The van der Waals surface area contributed by atoms with Gasteiger partial charge in [-0.05, 0) is 55.8 Å². The number of hydrogen-bond acceptors (Lipinski definition) is 3. The lowest BCUT2D eigenvalue weighted by Crippen LogP contribution is -2.51. The van der Waals surface area contributed by atoms with E-state index in [2.05, 4.69) is 22.0 Å². The van der Waals surface area contributed by atoms with Crippen LogP contribution in [-0.4, -0.2) is 59.6 Å². The van der Waals surface area contributed by atoms with E-state index >= 15 is 0 Å². The normalized spacial score (nSPS) is 23.0. The maximum Gasteiger partial charge on any atom is 0.254 e. The number of hydrogen-bond donors (Lipinski definition) is 1. The Balaban J connectivity index is 1.47. The van der Waals surface area contributed by atoms with Gasteiger partial charge in [-0.2, -0.15) is 0 Å². The van der Waals surface area contributed by atoms with Crippen LogP contribution in [-0.2, 0) is 4.74 Å². The number of H-pyrrole nitrogens is 1. The second-order valence-electron chi connectivity index (χ2n) is 8.05. The molecule has 150 valence electrons. The Morgan fingerprint density at radius 2 is 1.86 bits per heavy atom. The highest BCUT2D eigenvalue weighted by atomic mass is 16.5. The molecule has 2 aromatic carbocycles. The molecule has 3 aromatic rings. The standard InChI is InChI=1S/C24H27N3O2/c28-24(20-8-9-21-19(16-20)10-11-25-21)27-14-15-29-22(17-26-12-4-5-13-26)23(27)18-6-2-1-3-7-18/h1-3,6-11,16,22-23,25H,4-5,12-15,17H2/t22-,23-/m0/s1. The SMILES string of the molecule is O=C(c1ccc2[nH]ccc2c1)N1CCO[C@@H](CN2CCCC2)[C@@H]1c1ccccc1. The van der Waals surface area contributed by atoms with Gasteiger partial charge < -0.3 is 19.5 Å². The van der Waals surface area contributed by atoms with Crippen LogP contribution in [0.15, 0.2) is 60.8 Å². The fourth-order valence-corrected chi connectivity index (χ4v) is 4.73. The van der Waals surface area contributed by atoms with E-state index in [0.717, 1.165) is 41.7 Å². The molecular formula is C24H27N3O2. The molecule has 29 heavy (non-hydrogen) atoms. The molecule has 2 aliphatic heterocycles. The van der Waals surface area contributed by atoms with Crippen molar-refractivity contribution in [1.29, 1.82) is 0 Å². The van der Waals surface area contributed by atoms with E-state index in [4.69, 9.17) is 4.74 Å². The quantitative estimate of drug-likeness (QED) is 0.737. The largest absolute Gasteiger partial charge is 0.373 e. The lowest BCUT2D eigenvalue weighted by molar-refractivity contribution is -0.0707. The van der Waals surface area contributed by atoms with E-state index in [9.17, 15) is 4.79 Å². The van der Waals surface area contributed by atoms with E-state index < -0.39 is 0 Å². The van der Waals surface area contributed by atoms with Gasteiger partial charge in [-0.1, -0.05) is 30.3 Å². The third kappa shape index (κ3) is 3.68. The van der Waals surface area contributed by atoms with Gasteiger partial charge >= 0.3 is 0 Å². The molecule has 2 saturated heterocycles. The Hall–Kier alpha value is -2.63. The van der Waals surface area contributed by atoms with Crippen molar-refractivity contribution in [2.24, 2.45) is 0 Å². The number of carbonyl (C=O) groups excluding carboxylic acids is 1. The van der Waals surface area contributed by atoms with Crippen LogP contribution >= 0.6 is 0 Å². The molecule has 0 bridgehead atoms. The molecular weight excluding hydrogens is 362 g/mol. The minimum atomic E-state index is -0.0695. The molecule has 5 rings (SSSR count). The highest BCUT2D eigenvalue weighted by molar-refractivity contribution is 5.98. The van der Waals surface area contributed by atoms with Crippen LogP contribution < -0.4 is 0 Å². The molecule has 0 unspecified atom stereocenters. The molecule has 5 nitrogen and oxygen atoms in total. The Kier molecular flexibility index (Phi) is 5.08. The minimum absolute atomic E-state index is 0.0100. The molecule has 5 heteroatoms. The Morgan fingerprint density at radius 1 is 1.03 bits per heavy atom. The van der Waals surface area contributed by atoms with Crippen LogP contribution in [0, 0.1) is 0 Å². The van der Waals surface area contributed by atoms with Gasteiger partial charge in [0.2, 0.25) is 0 Å².